The number of aliphatic hydroxyl groups excluding tert-OH is 1. The fraction of sp³-hybridized carbons (Fsp3) is 0.520. The lowest BCUT2D eigenvalue weighted by molar-refractivity contribution is -0.135. The van der Waals surface area contributed by atoms with Crippen molar-refractivity contribution in [1.82, 2.24) is 14.8 Å². The Hall–Kier alpha value is -2.64. The zero-order valence-corrected chi connectivity index (χ0v) is 18.6. The normalized spacial score (nSPS) is 20.8. The van der Waals surface area contributed by atoms with Crippen molar-refractivity contribution in [2.75, 3.05) is 32.8 Å². The van der Waals surface area contributed by atoms with Crippen LogP contribution in [0.2, 0.25) is 0 Å². The summed E-state index contributed by atoms with van der Waals surface area (Å²) in [7, 11) is 0. The molecule has 1 N–H and O–H groups in total. The predicted molar refractivity (Wildman–Crippen MR) is 122 cm³/mol. The first-order chi connectivity index (χ1) is 15.7. The first-order valence-corrected chi connectivity index (χ1v) is 11.7. The molecule has 1 aromatic heterocycles. The van der Waals surface area contributed by atoms with E-state index in [1.165, 1.54) is 0 Å². The summed E-state index contributed by atoms with van der Waals surface area (Å²) < 4.78 is 12.1. The van der Waals surface area contributed by atoms with Gasteiger partial charge in [-0.2, -0.15) is 0 Å². The number of β-amino-alcohol motifs (C(OH)–C–C–N with tert-alkyl or cyclic N) is 1. The molecule has 1 amide bonds. The van der Waals surface area contributed by atoms with Crippen LogP contribution in [-0.4, -0.2) is 64.7 Å². The number of para-hydroxylation sites is 2. The Morgan fingerprint density at radius 3 is 2.75 bits per heavy atom. The van der Waals surface area contributed by atoms with Crippen LogP contribution < -0.4 is 9.47 Å². The van der Waals surface area contributed by atoms with Crippen LogP contribution in [-0.2, 0) is 11.3 Å². The number of nitrogens with zero attached hydrogens (tertiary/aromatic N) is 3. The second kappa shape index (κ2) is 11.3. The number of hydrogen-bond acceptors (Lipinski definition) is 6. The van der Waals surface area contributed by atoms with Gasteiger partial charge in [0.1, 0.15) is 0 Å². The van der Waals surface area contributed by atoms with Crippen LogP contribution in [0.4, 0.5) is 0 Å². The SMILES string of the molecule is O=C(CN1CCCCCCOc2ccccc2Oc2ncccc2C1)N1CCCC(O)C1. The average Bonchev–Trinajstić information content (AvgIpc) is 2.80. The van der Waals surface area contributed by atoms with Crippen LogP contribution >= 0.6 is 0 Å². The Labute approximate surface area is 190 Å². The number of hydrogen-bond donors (Lipinski definition) is 1. The first-order valence-electron chi connectivity index (χ1n) is 11.7. The zero-order chi connectivity index (χ0) is 22.2. The van der Waals surface area contributed by atoms with E-state index in [-0.39, 0.29) is 5.91 Å². The standard InChI is InChI=1S/C25H33N3O4/c29-21-10-8-15-28(18-21)24(30)19-27-14-5-1-2-6-16-31-22-11-3-4-12-23(22)32-25-20(17-27)9-7-13-26-25/h3-4,7,9,11-13,21,29H,1-2,5-6,8,10,14-19H2. The lowest BCUT2D eigenvalue weighted by Crippen LogP contribution is -2.46. The molecule has 0 saturated carbocycles. The molecule has 7 nitrogen and oxygen atoms in total. The molecule has 4 rings (SSSR count). The minimum atomic E-state index is -0.410. The summed E-state index contributed by atoms with van der Waals surface area (Å²) in [6, 6.07) is 11.6. The van der Waals surface area contributed by atoms with Crippen LogP contribution in [0.25, 0.3) is 0 Å². The van der Waals surface area contributed by atoms with Crippen LogP contribution in [0.15, 0.2) is 42.6 Å². The number of ether oxygens (including phenoxy) is 2. The lowest BCUT2D eigenvalue weighted by Gasteiger charge is -2.32. The molecule has 1 atom stereocenters. The van der Waals surface area contributed by atoms with Gasteiger partial charge in [-0.25, -0.2) is 4.98 Å². The molecule has 2 aliphatic rings. The van der Waals surface area contributed by atoms with Gasteiger partial charge in [-0.05, 0) is 50.4 Å². The molecule has 2 aromatic rings. The van der Waals surface area contributed by atoms with Gasteiger partial charge in [-0.1, -0.05) is 31.0 Å². The Morgan fingerprint density at radius 1 is 1.03 bits per heavy atom. The molecule has 7 heteroatoms. The van der Waals surface area contributed by atoms with Gasteiger partial charge in [0.25, 0.3) is 0 Å². The molecule has 3 heterocycles. The summed E-state index contributed by atoms with van der Waals surface area (Å²) in [4.78, 5) is 21.4. The Morgan fingerprint density at radius 2 is 1.88 bits per heavy atom. The molecule has 1 fully saturated rings. The fourth-order valence-corrected chi connectivity index (χ4v) is 4.29. The summed E-state index contributed by atoms with van der Waals surface area (Å²) in [5.41, 5.74) is 0.936. The van der Waals surface area contributed by atoms with Crippen molar-refractivity contribution < 1.29 is 19.4 Å². The molecule has 0 aliphatic carbocycles. The summed E-state index contributed by atoms with van der Waals surface area (Å²) in [5.74, 6) is 1.98. The number of pyridine rings is 1. The van der Waals surface area contributed by atoms with E-state index in [9.17, 15) is 9.90 Å². The maximum Gasteiger partial charge on any atom is 0.236 e. The number of piperidine rings is 1. The third kappa shape index (κ3) is 6.20. The number of carbonyl (C=O) groups excluding carboxylic acids is 1. The number of fused-ring (bicyclic) bond motifs is 2. The van der Waals surface area contributed by atoms with Gasteiger partial charge < -0.3 is 19.5 Å². The summed E-state index contributed by atoms with van der Waals surface area (Å²) in [6.07, 6.45) is 7.11. The van der Waals surface area contributed by atoms with Crippen molar-refractivity contribution in [3.63, 3.8) is 0 Å². The van der Waals surface area contributed by atoms with Gasteiger partial charge >= 0.3 is 0 Å². The van der Waals surface area contributed by atoms with Crippen molar-refractivity contribution >= 4 is 5.91 Å². The maximum atomic E-state index is 13.0. The Balaban J connectivity index is 1.53. The van der Waals surface area contributed by atoms with E-state index in [1.54, 1.807) is 11.1 Å². The van der Waals surface area contributed by atoms with Gasteiger partial charge in [0.2, 0.25) is 11.8 Å². The van der Waals surface area contributed by atoms with Crippen molar-refractivity contribution in [3.8, 4) is 17.4 Å². The van der Waals surface area contributed by atoms with Crippen LogP contribution in [0, 0.1) is 0 Å². The van der Waals surface area contributed by atoms with E-state index in [1.807, 2.05) is 36.4 Å². The van der Waals surface area contributed by atoms with Crippen LogP contribution in [0.3, 0.4) is 0 Å². The highest BCUT2D eigenvalue weighted by molar-refractivity contribution is 5.78. The quantitative estimate of drug-likeness (QED) is 0.771. The Kier molecular flexibility index (Phi) is 7.96. The van der Waals surface area contributed by atoms with Gasteiger partial charge in [0, 0.05) is 31.4 Å². The number of rotatable bonds is 2. The van der Waals surface area contributed by atoms with E-state index in [2.05, 4.69) is 9.88 Å². The smallest absolute Gasteiger partial charge is 0.236 e. The first kappa shape index (κ1) is 22.6. The summed E-state index contributed by atoms with van der Waals surface area (Å²) in [6.45, 7) is 3.55. The Bertz CT molecular complexity index is 891. The molecular weight excluding hydrogens is 406 g/mol. The summed E-state index contributed by atoms with van der Waals surface area (Å²) in [5, 5.41) is 9.96. The zero-order valence-electron chi connectivity index (χ0n) is 18.6. The van der Waals surface area contributed by atoms with Gasteiger partial charge in [-0.3, -0.25) is 9.69 Å². The number of benzene rings is 1. The molecular formula is C25H33N3O4. The minimum Gasteiger partial charge on any atom is -0.490 e. The van der Waals surface area contributed by atoms with Gasteiger partial charge in [-0.15, -0.1) is 0 Å². The highest BCUT2D eigenvalue weighted by atomic mass is 16.5. The van der Waals surface area contributed by atoms with E-state index < -0.39 is 6.10 Å². The highest BCUT2D eigenvalue weighted by Gasteiger charge is 2.24. The molecule has 1 saturated heterocycles. The van der Waals surface area contributed by atoms with E-state index in [0.717, 1.165) is 62.9 Å². The van der Waals surface area contributed by atoms with Gasteiger partial charge in [0.05, 0.1) is 19.3 Å². The van der Waals surface area contributed by atoms with Gasteiger partial charge in [0.15, 0.2) is 11.5 Å². The second-order valence-corrected chi connectivity index (χ2v) is 8.63. The predicted octanol–water partition coefficient (Wildman–Crippen LogP) is 3.61. The molecule has 0 spiro atoms. The molecule has 32 heavy (non-hydrogen) atoms. The van der Waals surface area contributed by atoms with Crippen LogP contribution in [0.5, 0.6) is 17.4 Å². The number of likely N-dealkylation sites (tertiary alicyclic amines) is 1. The molecule has 1 aromatic carbocycles. The summed E-state index contributed by atoms with van der Waals surface area (Å²) >= 11 is 0. The fourth-order valence-electron chi connectivity index (χ4n) is 4.29. The molecule has 2 aliphatic heterocycles. The number of amides is 1. The number of aromatic nitrogens is 1. The van der Waals surface area contributed by atoms with Crippen LogP contribution in [0.1, 0.15) is 44.1 Å². The van der Waals surface area contributed by atoms with Crippen molar-refractivity contribution in [2.24, 2.45) is 0 Å². The van der Waals surface area contributed by atoms with E-state index >= 15 is 0 Å². The van der Waals surface area contributed by atoms with E-state index in [0.29, 0.717) is 37.9 Å². The van der Waals surface area contributed by atoms with Crippen molar-refractivity contribution in [2.45, 2.75) is 51.2 Å². The topological polar surface area (TPSA) is 75.1 Å². The highest BCUT2D eigenvalue weighted by Crippen LogP contribution is 2.32. The largest absolute Gasteiger partial charge is 0.490 e. The minimum absolute atomic E-state index is 0.0787. The van der Waals surface area contributed by atoms with E-state index in [4.69, 9.17) is 9.47 Å². The number of aliphatic hydroxyl groups is 1. The third-order valence-corrected chi connectivity index (χ3v) is 6.03. The molecule has 172 valence electrons. The second-order valence-electron chi connectivity index (χ2n) is 8.63. The third-order valence-electron chi connectivity index (χ3n) is 6.03. The lowest BCUT2D eigenvalue weighted by atomic mass is 10.1. The maximum absolute atomic E-state index is 13.0. The molecule has 1 unspecified atom stereocenters. The van der Waals surface area contributed by atoms with Crippen molar-refractivity contribution in [3.05, 3.63) is 48.2 Å². The molecule has 0 radical (unpaired) electrons. The van der Waals surface area contributed by atoms with Crippen molar-refractivity contribution in [1.29, 1.82) is 0 Å². The molecule has 0 bridgehead atoms. The number of carbonyl (C=O) groups is 1. The average molecular weight is 440 g/mol. The monoisotopic (exact) mass is 439 g/mol.